The molecule has 1 aliphatic heterocycles. The average Bonchev–Trinajstić information content (AvgIpc) is 2.62. The zero-order valence-corrected chi connectivity index (χ0v) is 10.1. The van der Waals surface area contributed by atoms with Crippen molar-refractivity contribution in [2.45, 2.75) is 31.6 Å². The minimum atomic E-state index is -0.746. The van der Waals surface area contributed by atoms with Gasteiger partial charge in [-0.2, -0.15) is 0 Å². The predicted molar refractivity (Wildman–Crippen MR) is 67.5 cm³/mol. The molecule has 0 aromatic heterocycles. The van der Waals surface area contributed by atoms with Gasteiger partial charge in [-0.1, -0.05) is 18.2 Å². The zero-order valence-electron chi connectivity index (χ0n) is 10.1. The third-order valence-corrected chi connectivity index (χ3v) is 3.46. The SMILES string of the molecule is CC1OCCC1(O)CNCc1ccccc1N. The Morgan fingerprint density at radius 1 is 1.53 bits per heavy atom. The smallest absolute Gasteiger partial charge is 0.105 e. The summed E-state index contributed by atoms with van der Waals surface area (Å²) >= 11 is 0. The number of hydrogen-bond acceptors (Lipinski definition) is 4. The number of nitrogen functional groups attached to an aromatic ring is 1. The van der Waals surface area contributed by atoms with Crippen molar-refractivity contribution in [3.8, 4) is 0 Å². The Hall–Kier alpha value is -1.10. The van der Waals surface area contributed by atoms with Gasteiger partial charge in [0.25, 0.3) is 0 Å². The molecule has 0 amide bonds. The normalized spacial score (nSPS) is 28.5. The fraction of sp³-hybridized carbons (Fsp3) is 0.538. The molecule has 4 nitrogen and oxygen atoms in total. The fourth-order valence-electron chi connectivity index (χ4n) is 2.11. The molecule has 0 spiro atoms. The van der Waals surface area contributed by atoms with Gasteiger partial charge in [0.1, 0.15) is 5.60 Å². The van der Waals surface area contributed by atoms with Gasteiger partial charge in [0.2, 0.25) is 0 Å². The molecule has 0 bridgehead atoms. The van der Waals surface area contributed by atoms with Crippen LogP contribution in [0.4, 0.5) is 5.69 Å². The minimum Gasteiger partial charge on any atom is -0.398 e. The number of rotatable bonds is 4. The van der Waals surface area contributed by atoms with E-state index in [1.54, 1.807) is 0 Å². The van der Waals surface area contributed by atoms with Gasteiger partial charge in [0.15, 0.2) is 0 Å². The van der Waals surface area contributed by atoms with E-state index in [2.05, 4.69) is 5.32 Å². The molecule has 0 saturated carbocycles. The molecule has 0 radical (unpaired) electrons. The van der Waals surface area contributed by atoms with Gasteiger partial charge >= 0.3 is 0 Å². The van der Waals surface area contributed by atoms with Crippen LogP contribution >= 0.6 is 0 Å². The average molecular weight is 236 g/mol. The second kappa shape index (κ2) is 5.04. The molecular weight excluding hydrogens is 216 g/mol. The Morgan fingerprint density at radius 2 is 2.29 bits per heavy atom. The second-order valence-electron chi connectivity index (χ2n) is 4.67. The van der Waals surface area contributed by atoms with Crippen molar-refractivity contribution in [3.05, 3.63) is 29.8 Å². The van der Waals surface area contributed by atoms with Crippen LogP contribution in [0.2, 0.25) is 0 Å². The Labute approximate surface area is 102 Å². The van der Waals surface area contributed by atoms with E-state index in [1.165, 1.54) is 0 Å². The van der Waals surface area contributed by atoms with Crippen LogP contribution in [0.1, 0.15) is 18.9 Å². The van der Waals surface area contributed by atoms with Gasteiger partial charge < -0.3 is 20.9 Å². The predicted octanol–water partition coefficient (Wildman–Crippen LogP) is 0.898. The van der Waals surface area contributed by atoms with Gasteiger partial charge in [-0.25, -0.2) is 0 Å². The molecule has 1 fully saturated rings. The van der Waals surface area contributed by atoms with Crippen LogP contribution in [-0.4, -0.2) is 30.0 Å². The van der Waals surface area contributed by atoms with Crippen molar-refractivity contribution in [1.29, 1.82) is 0 Å². The topological polar surface area (TPSA) is 67.5 Å². The first-order chi connectivity index (χ1) is 8.12. The van der Waals surface area contributed by atoms with Crippen LogP contribution in [0.3, 0.4) is 0 Å². The number of benzene rings is 1. The molecule has 4 heteroatoms. The summed E-state index contributed by atoms with van der Waals surface area (Å²) in [5, 5.41) is 13.5. The fourth-order valence-corrected chi connectivity index (χ4v) is 2.11. The molecule has 1 aliphatic rings. The van der Waals surface area contributed by atoms with E-state index in [-0.39, 0.29) is 6.10 Å². The van der Waals surface area contributed by atoms with Crippen LogP contribution in [0.5, 0.6) is 0 Å². The highest BCUT2D eigenvalue weighted by Gasteiger charge is 2.38. The molecular formula is C13H20N2O2. The standard InChI is InChI=1S/C13H20N2O2/c1-10-13(16,6-7-17-10)9-15-8-11-4-2-3-5-12(11)14/h2-5,10,15-16H,6-9,14H2,1H3. The van der Waals surface area contributed by atoms with Crippen molar-refractivity contribution < 1.29 is 9.84 Å². The zero-order chi connectivity index (χ0) is 12.3. The van der Waals surface area contributed by atoms with Crippen LogP contribution < -0.4 is 11.1 Å². The molecule has 1 heterocycles. The molecule has 17 heavy (non-hydrogen) atoms. The van der Waals surface area contributed by atoms with Gasteiger partial charge in [0, 0.05) is 31.8 Å². The molecule has 0 aliphatic carbocycles. The Morgan fingerprint density at radius 3 is 2.94 bits per heavy atom. The van der Waals surface area contributed by atoms with E-state index in [4.69, 9.17) is 10.5 Å². The van der Waals surface area contributed by atoms with Gasteiger partial charge in [-0.3, -0.25) is 0 Å². The largest absolute Gasteiger partial charge is 0.398 e. The van der Waals surface area contributed by atoms with Crippen molar-refractivity contribution in [3.63, 3.8) is 0 Å². The number of nitrogens with two attached hydrogens (primary N) is 1. The minimum absolute atomic E-state index is 0.108. The summed E-state index contributed by atoms with van der Waals surface area (Å²) in [6.07, 6.45) is 0.578. The first-order valence-electron chi connectivity index (χ1n) is 6.00. The van der Waals surface area contributed by atoms with Gasteiger partial charge in [-0.15, -0.1) is 0 Å². The van der Waals surface area contributed by atoms with Crippen molar-refractivity contribution >= 4 is 5.69 Å². The van der Waals surface area contributed by atoms with Crippen molar-refractivity contribution in [1.82, 2.24) is 5.32 Å². The molecule has 2 unspecified atom stereocenters. The van der Waals surface area contributed by atoms with E-state index in [1.807, 2.05) is 31.2 Å². The molecule has 2 rings (SSSR count). The summed E-state index contributed by atoms with van der Waals surface area (Å²) in [7, 11) is 0. The molecule has 94 valence electrons. The lowest BCUT2D eigenvalue weighted by Gasteiger charge is -2.26. The van der Waals surface area contributed by atoms with Crippen LogP contribution in [0.25, 0.3) is 0 Å². The maximum absolute atomic E-state index is 10.3. The Balaban J connectivity index is 1.86. The summed E-state index contributed by atoms with van der Waals surface area (Å²) in [6.45, 7) is 3.74. The van der Waals surface area contributed by atoms with Gasteiger partial charge in [0.05, 0.1) is 6.10 Å². The lowest BCUT2D eigenvalue weighted by molar-refractivity contribution is -0.0262. The Kier molecular flexibility index (Phi) is 3.66. The maximum atomic E-state index is 10.3. The first kappa shape index (κ1) is 12.4. The third-order valence-electron chi connectivity index (χ3n) is 3.46. The van der Waals surface area contributed by atoms with E-state index in [9.17, 15) is 5.11 Å². The lowest BCUT2D eigenvalue weighted by atomic mass is 9.96. The number of nitrogens with one attached hydrogen (secondary N) is 1. The van der Waals surface area contributed by atoms with Crippen LogP contribution in [0, 0.1) is 0 Å². The second-order valence-corrected chi connectivity index (χ2v) is 4.67. The molecule has 1 aromatic carbocycles. The molecule has 4 N–H and O–H groups in total. The van der Waals surface area contributed by atoms with Crippen molar-refractivity contribution in [2.75, 3.05) is 18.9 Å². The first-order valence-corrected chi connectivity index (χ1v) is 6.00. The number of anilines is 1. The maximum Gasteiger partial charge on any atom is 0.105 e. The monoisotopic (exact) mass is 236 g/mol. The van der Waals surface area contributed by atoms with Gasteiger partial charge in [-0.05, 0) is 18.6 Å². The highest BCUT2D eigenvalue weighted by atomic mass is 16.5. The third kappa shape index (κ3) is 2.77. The molecule has 2 atom stereocenters. The molecule has 1 aromatic rings. The number of hydrogen-bond donors (Lipinski definition) is 3. The quantitative estimate of drug-likeness (QED) is 0.679. The van der Waals surface area contributed by atoms with Crippen LogP contribution in [-0.2, 0) is 11.3 Å². The van der Waals surface area contributed by atoms with Crippen molar-refractivity contribution in [2.24, 2.45) is 0 Å². The van der Waals surface area contributed by atoms with E-state index < -0.39 is 5.60 Å². The summed E-state index contributed by atoms with van der Waals surface area (Å²) in [5.74, 6) is 0. The number of para-hydroxylation sites is 1. The summed E-state index contributed by atoms with van der Waals surface area (Å²) in [5.41, 5.74) is 6.94. The van der Waals surface area contributed by atoms with E-state index >= 15 is 0 Å². The Bertz CT molecular complexity index is 383. The highest BCUT2D eigenvalue weighted by Crippen LogP contribution is 2.24. The van der Waals surface area contributed by atoms with E-state index in [0.717, 1.165) is 11.3 Å². The summed E-state index contributed by atoms with van der Waals surface area (Å²) < 4.78 is 5.38. The summed E-state index contributed by atoms with van der Waals surface area (Å²) in [4.78, 5) is 0. The van der Waals surface area contributed by atoms with Crippen LogP contribution in [0.15, 0.2) is 24.3 Å². The van der Waals surface area contributed by atoms with E-state index in [0.29, 0.717) is 26.1 Å². The summed E-state index contributed by atoms with van der Waals surface area (Å²) in [6, 6.07) is 7.75. The lowest BCUT2D eigenvalue weighted by Crippen LogP contribution is -2.45. The number of aliphatic hydroxyl groups is 1. The highest BCUT2D eigenvalue weighted by molar-refractivity contribution is 5.46. The molecule has 1 saturated heterocycles. The number of ether oxygens (including phenoxy) is 1.